The smallest absolute Gasteiger partial charge is 0.264 e. The van der Waals surface area contributed by atoms with Crippen molar-refractivity contribution >= 4 is 43.8 Å². The van der Waals surface area contributed by atoms with E-state index in [1.807, 2.05) is 54.6 Å². The van der Waals surface area contributed by atoms with E-state index < -0.39 is 15.9 Å². The predicted molar refractivity (Wildman–Crippen MR) is 139 cm³/mol. The van der Waals surface area contributed by atoms with E-state index in [1.54, 1.807) is 30.5 Å². The third kappa shape index (κ3) is 4.26. The summed E-state index contributed by atoms with van der Waals surface area (Å²) in [5.41, 5.74) is 6.07. The van der Waals surface area contributed by atoms with Crippen LogP contribution in [-0.4, -0.2) is 37.4 Å². The van der Waals surface area contributed by atoms with Crippen LogP contribution < -0.4 is 9.73 Å². The van der Waals surface area contributed by atoms with Gasteiger partial charge in [0.05, 0.1) is 16.8 Å². The molecule has 176 valence electrons. The fourth-order valence-corrected chi connectivity index (χ4v) is 5.83. The number of hydrogen-bond acceptors (Lipinski definition) is 5. The molecule has 1 aromatic heterocycles. The molecule has 0 saturated carbocycles. The number of nitrogens with zero attached hydrogens (tertiary/aromatic N) is 4. The zero-order valence-electron chi connectivity index (χ0n) is 18.6. The Kier molecular flexibility index (Phi) is 6.00. The minimum absolute atomic E-state index is 0.146. The minimum atomic E-state index is -3.78. The molecular formula is C25H20BrN5O3S. The zero-order chi connectivity index (χ0) is 24.6. The van der Waals surface area contributed by atoms with Crippen LogP contribution >= 0.6 is 15.9 Å². The highest BCUT2D eigenvalue weighted by molar-refractivity contribution is 9.10. The molecule has 0 unspecified atom stereocenters. The van der Waals surface area contributed by atoms with Gasteiger partial charge in [-0.25, -0.2) is 13.8 Å². The molecule has 0 bridgehead atoms. The van der Waals surface area contributed by atoms with E-state index in [-0.39, 0.29) is 11.4 Å². The molecule has 3 aromatic carbocycles. The van der Waals surface area contributed by atoms with Crippen molar-refractivity contribution in [3.8, 4) is 22.5 Å². The molecule has 0 saturated heterocycles. The third-order valence-corrected chi connectivity index (χ3v) is 7.92. The summed E-state index contributed by atoms with van der Waals surface area (Å²) in [5, 5.41) is 8.73. The van der Waals surface area contributed by atoms with E-state index in [9.17, 15) is 13.2 Å². The Morgan fingerprint density at radius 2 is 1.80 bits per heavy atom. The standard InChI is InChI=1S/C25H20BrN5O3S/c1-30-25-23(18-9-3-2-4-10-18)29-31(24(25)20-12-5-6-13-21(20)35(30,33)34)16-22(32)28-27-15-17-8-7-11-19(26)14-17/h2-15H,16H2,1H3,(H,28,32)/b27-15+. The number of fused-ring (bicyclic) bond motifs is 3. The number of halogens is 1. The van der Waals surface area contributed by atoms with Gasteiger partial charge in [-0.05, 0) is 23.8 Å². The van der Waals surface area contributed by atoms with Crippen LogP contribution in [0.3, 0.4) is 0 Å². The summed E-state index contributed by atoms with van der Waals surface area (Å²) >= 11 is 3.40. The van der Waals surface area contributed by atoms with Crippen molar-refractivity contribution in [2.24, 2.45) is 5.10 Å². The first kappa shape index (κ1) is 23.0. The molecule has 0 spiro atoms. The highest BCUT2D eigenvalue weighted by Gasteiger charge is 2.38. The van der Waals surface area contributed by atoms with Gasteiger partial charge in [0.2, 0.25) is 0 Å². The average molecular weight is 550 g/mol. The molecule has 10 heteroatoms. The van der Waals surface area contributed by atoms with Crippen LogP contribution in [0.4, 0.5) is 5.69 Å². The normalized spacial score (nSPS) is 13.9. The number of amides is 1. The molecule has 0 aliphatic carbocycles. The Morgan fingerprint density at radius 3 is 2.57 bits per heavy atom. The number of sulfonamides is 1. The SMILES string of the molecule is CN1c2c(-c3ccccc3)nn(CC(=O)N/N=C/c3cccc(Br)c3)c2-c2ccccc2S1(=O)=O. The first-order valence-electron chi connectivity index (χ1n) is 10.7. The van der Waals surface area contributed by atoms with Gasteiger partial charge in [0.25, 0.3) is 15.9 Å². The minimum Gasteiger partial charge on any atom is -0.271 e. The van der Waals surface area contributed by atoms with Gasteiger partial charge in [0, 0.05) is 22.6 Å². The Bertz CT molecular complexity index is 1570. The summed E-state index contributed by atoms with van der Waals surface area (Å²) in [7, 11) is -2.27. The van der Waals surface area contributed by atoms with Crippen molar-refractivity contribution in [1.82, 2.24) is 15.2 Å². The van der Waals surface area contributed by atoms with Gasteiger partial charge in [-0.1, -0.05) is 76.6 Å². The van der Waals surface area contributed by atoms with Crippen molar-refractivity contribution in [3.63, 3.8) is 0 Å². The second-order valence-electron chi connectivity index (χ2n) is 7.89. The highest BCUT2D eigenvalue weighted by Crippen LogP contribution is 2.47. The van der Waals surface area contributed by atoms with Crippen LogP contribution in [0.2, 0.25) is 0 Å². The lowest BCUT2D eigenvalue weighted by atomic mass is 10.1. The van der Waals surface area contributed by atoms with Gasteiger partial charge in [0.15, 0.2) is 0 Å². The maximum absolute atomic E-state index is 13.3. The maximum Gasteiger partial charge on any atom is 0.264 e. The number of carbonyl (C=O) groups excluding carboxylic acids is 1. The Labute approximate surface area is 211 Å². The average Bonchev–Trinajstić information content (AvgIpc) is 3.22. The lowest BCUT2D eigenvalue weighted by molar-refractivity contribution is -0.121. The first-order chi connectivity index (χ1) is 16.9. The first-order valence-corrected chi connectivity index (χ1v) is 12.9. The molecule has 0 radical (unpaired) electrons. The summed E-state index contributed by atoms with van der Waals surface area (Å²) in [6, 6.07) is 23.6. The van der Waals surface area contributed by atoms with Crippen molar-refractivity contribution in [2.45, 2.75) is 11.4 Å². The molecule has 5 rings (SSSR count). The van der Waals surface area contributed by atoms with Gasteiger partial charge in [-0.3, -0.25) is 13.8 Å². The number of anilines is 1. The lowest BCUT2D eigenvalue weighted by Crippen LogP contribution is -2.31. The molecule has 1 amide bonds. The van der Waals surface area contributed by atoms with E-state index in [1.165, 1.54) is 16.0 Å². The van der Waals surface area contributed by atoms with Gasteiger partial charge in [0.1, 0.15) is 17.9 Å². The van der Waals surface area contributed by atoms with E-state index >= 15 is 0 Å². The number of aromatic nitrogens is 2. The Hall–Kier alpha value is -3.76. The number of rotatable bonds is 5. The fraction of sp³-hybridized carbons (Fsp3) is 0.0800. The molecule has 35 heavy (non-hydrogen) atoms. The monoisotopic (exact) mass is 549 g/mol. The number of hydrazone groups is 1. The van der Waals surface area contributed by atoms with E-state index in [0.29, 0.717) is 22.6 Å². The fourth-order valence-electron chi connectivity index (χ4n) is 4.01. The molecule has 0 fully saturated rings. The molecule has 8 nitrogen and oxygen atoms in total. The summed E-state index contributed by atoms with van der Waals surface area (Å²) in [6.07, 6.45) is 1.55. The third-order valence-electron chi connectivity index (χ3n) is 5.62. The number of carbonyl (C=O) groups is 1. The maximum atomic E-state index is 13.3. The van der Waals surface area contributed by atoms with Crippen LogP contribution in [0.1, 0.15) is 5.56 Å². The summed E-state index contributed by atoms with van der Waals surface area (Å²) in [6.45, 7) is -0.146. The second-order valence-corrected chi connectivity index (χ2v) is 10.7. The molecule has 1 aliphatic heterocycles. The summed E-state index contributed by atoms with van der Waals surface area (Å²) < 4.78 is 30.2. The Morgan fingerprint density at radius 1 is 1.06 bits per heavy atom. The van der Waals surface area contributed by atoms with Gasteiger partial charge in [-0.2, -0.15) is 10.2 Å². The number of nitrogens with one attached hydrogen (secondary N) is 1. The van der Waals surface area contributed by atoms with Crippen molar-refractivity contribution in [2.75, 3.05) is 11.4 Å². The Balaban J connectivity index is 1.55. The number of hydrogen-bond donors (Lipinski definition) is 1. The predicted octanol–water partition coefficient (Wildman–Crippen LogP) is 4.27. The molecule has 0 atom stereocenters. The zero-order valence-corrected chi connectivity index (χ0v) is 21.0. The van der Waals surface area contributed by atoms with Crippen LogP contribution in [0.5, 0.6) is 0 Å². The van der Waals surface area contributed by atoms with Gasteiger partial charge >= 0.3 is 0 Å². The van der Waals surface area contributed by atoms with Crippen LogP contribution in [0.25, 0.3) is 22.5 Å². The van der Waals surface area contributed by atoms with E-state index in [4.69, 9.17) is 0 Å². The summed E-state index contributed by atoms with van der Waals surface area (Å²) in [5.74, 6) is -0.394. The molecule has 4 aromatic rings. The summed E-state index contributed by atoms with van der Waals surface area (Å²) in [4.78, 5) is 13.0. The number of benzene rings is 3. The van der Waals surface area contributed by atoms with E-state index in [0.717, 1.165) is 15.6 Å². The van der Waals surface area contributed by atoms with Crippen molar-refractivity contribution < 1.29 is 13.2 Å². The lowest BCUT2D eigenvalue weighted by Gasteiger charge is -2.27. The highest BCUT2D eigenvalue weighted by atomic mass is 79.9. The second kappa shape index (κ2) is 9.12. The van der Waals surface area contributed by atoms with Crippen LogP contribution in [0.15, 0.2) is 93.3 Å². The van der Waals surface area contributed by atoms with Crippen molar-refractivity contribution in [1.29, 1.82) is 0 Å². The van der Waals surface area contributed by atoms with Crippen LogP contribution in [-0.2, 0) is 21.4 Å². The molecule has 2 heterocycles. The molecule has 1 aliphatic rings. The molecular weight excluding hydrogens is 530 g/mol. The van der Waals surface area contributed by atoms with Crippen molar-refractivity contribution in [3.05, 3.63) is 88.9 Å². The quantitative estimate of drug-likeness (QED) is 0.297. The molecule has 1 N–H and O–H groups in total. The van der Waals surface area contributed by atoms with E-state index in [2.05, 4.69) is 31.6 Å². The van der Waals surface area contributed by atoms with Crippen LogP contribution in [0, 0.1) is 0 Å². The topological polar surface area (TPSA) is 96.7 Å². The largest absolute Gasteiger partial charge is 0.271 e. The van der Waals surface area contributed by atoms with Gasteiger partial charge < -0.3 is 0 Å². The van der Waals surface area contributed by atoms with Gasteiger partial charge in [-0.15, -0.1) is 0 Å².